The minimum Gasteiger partial charge on any atom is -1.00 e. The molecule has 2 aromatic heterocycles. The lowest BCUT2D eigenvalue weighted by atomic mass is 10.2. The Morgan fingerprint density at radius 3 is 2.55 bits per heavy atom. The molecule has 5 N–H and O–H groups in total. The van der Waals surface area contributed by atoms with Gasteiger partial charge in [0.1, 0.15) is 24.8 Å². The Bertz CT molecular complexity index is 860. The lowest BCUT2D eigenvalue weighted by Gasteiger charge is -2.12. The summed E-state index contributed by atoms with van der Waals surface area (Å²) >= 11 is 0. The molecule has 160 valence electrons. The smallest absolute Gasteiger partial charge is 0.254 e. The molecule has 0 aliphatic carbocycles. The van der Waals surface area contributed by atoms with E-state index in [-0.39, 0.29) is 24.8 Å². The average molecular weight is 440 g/mol. The van der Waals surface area contributed by atoms with E-state index in [4.69, 9.17) is 5.73 Å². The van der Waals surface area contributed by atoms with Crippen molar-refractivity contribution in [3.8, 4) is 0 Å². The van der Waals surface area contributed by atoms with Crippen LogP contribution in [0.25, 0.3) is 0 Å². The number of nitrogen functional groups attached to an aromatic ring is 1. The van der Waals surface area contributed by atoms with Gasteiger partial charge in [0.15, 0.2) is 0 Å². The first kappa shape index (κ1) is 24.7. The fraction of sp³-hybridized carbons (Fsp3) is 0.400. The van der Waals surface area contributed by atoms with Gasteiger partial charge < -0.3 is 41.2 Å². The van der Waals surface area contributed by atoms with E-state index in [9.17, 15) is 0 Å². The zero-order valence-electron chi connectivity index (χ0n) is 17.0. The first-order valence-corrected chi connectivity index (χ1v) is 9.52. The predicted octanol–water partition coefficient (Wildman–Crippen LogP) is -4.40. The standard InChI is InChI=1S/C20H30N7.2ClH/c1-25-13-14-27(16-25)11-4-9-22-17-6-7-18(21)19(15-17)23-8-3-5-20-24-10-12-26(20)2;;/h6-7,10,12-16,22-23H,3-5,8-9,11,21H2,1-2H3;2*1H/q+1;;/p-1. The molecule has 0 unspecified atom stereocenters. The molecule has 0 radical (unpaired) electrons. The average Bonchev–Trinajstić information content (AvgIpc) is 3.26. The number of halogens is 2. The van der Waals surface area contributed by atoms with Gasteiger partial charge in [-0.05, 0) is 24.6 Å². The number of aromatic amines is 1. The predicted molar refractivity (Wildman–Crippen MR) is 108 cm³/mol. The van der Waals surface area contributed by atoms with Crippen molar-refractivity contribution >= 4 is 17.1 Å². The van der Waals surface area contributed by atoms with E-state index in [1.165, 1.54) is 5.82 Å². The number of hydrogen-bond donors (Lipinski definition) is 4. The Morgan fingerprint density at radius 2 is 1.86 bits per heavy atom. The van der Waals surface area contributed by atoms with Crippen molar-refractivity contribution in [3.63, 3.8) is 0 Å². The number of anilines is 3. The molecule has 1 aromatic carbocycles. The summed E-state index contributed by atoms with van der Waals surface area (Å²) in [5, 5.41) is 6.94. The van der Waals surface area contributed by atoms with Crippen LogP contribution in [0, 0.1) is 0 Å². The largest absolute Gasteiger partial charge is 1.00 e. The maximum absolute atomic E-state index is 6.12. The van der Waals surface area contributed by atoms with Gasteiger partial charge >= 0.3 is 0 Å². The SMILES string of the molecule is C[n+]1ccn(CCCNc2ccc(N)c(NCCCc3[nH]cc[n+]3C)c2)c1.[Cl-].[Cl-]. The number of imidazole rings is 2. The van der Waals surface area contributed by atoms with Gasteiger partial charge in [0.2, 0.25) is 6.33 Å². The molecule has 29 heavy (non-hydrogen) atoms. The van der Waals surface area contributed by atoms with Crippen LogP contribution in [0.2, 0.25) is 0 Å². The summed E-state index contributed by atoms with van der Waals surface area (Å²) < 4.78 is 6.37. The number of nitrogens with two attached hydrogens (primary N) is 1. The molecule has 0 bridgehead atoms. The van der Waals surface area contributed by atoms with E-state index in [0.29, 0.717) is 0 Å². The van der Waals surface area contributed by atoms with Crippen LogP contribution in [0.1, 0.15) is 18.7 Å². The molecular weight excluding hydrogens is 409 g/mol. The van der Waals surface area contributed by atoms with E-state index in [1.807, 2.05) is 31.6 Å². The van der Waals surface area contributed by atoms with Crippen LogP contribution in [0.15, 0.2) is 49.3 Å². The van der Waals surface area contributed by atoms with Crippen LogP contribution in [0.5, 0.6) is 0 Å². The van der Waals surface area contributed by atoms with Gasteiger partial charge in [-0.2, -0.15) is 0 Å². The van der Waals surface area contributed by atoms with Crippen molar-refractivity contribution in [2.24, 2.45) is 14.1 Å². The Hall–Kier alpha value is -2.38. The van der Waals surface area contributed by atoms with Crippen LogP contribution in [-0.2, 0) is 27.1 Å². The molecule has 3 aromatic rings. The minimum absolute atomic E-state index is 0. The molecule has 3 rings (SSSR count). The third kappa shape index (κ3) is 7.51. The Balaban J connectivity index is 0.00000210. The molecule has 9 heteroatoms. The molecule has 0 aliphatic rings. The number of H-pyrrole nitrogens is 1. The van der Waals surface area contributed by atoms with Crippen molar-refractivity contribution in [2.45, 2.75) is 25.8 Å². The lowest BCUT2D eigenvalue weighted by Crippen LogP contribution is -3.00. The van der Waals surface area contributed by atoms with Crippen molar-refractivity contribution in [2.75, 3.05) is 29.5 Å². The molecule has 0 spiro atoms. The molecule has 2 heterocycles. The summed E-state index contributed by atoms with van der Waals surface area (Å²) in [6, 6.07) is 6.09. The van der Waals surface area contributed by atoms with E-state index < -0.39 is 0 Å². The fourth-order valence-corrected chi connectivity index (χ4v) is 3.11. The van der Waals surface area contributed by atoms with Gasteiger partial charge in [-0.15, -0.1) is 0 Å². The van der Waals surface area contributed by atoms with Crippen LogP contribution in [0.3, 0.4) is 0 Å². The second-order valence-corrected chi connectivity index (χ2v) is 6.95. The zero-order chi connectivity index (χ0) is 19.1. The summed E-state index contributed by atoms with van der Waals surface area (Å²) in [6.45, 7) is 2.82. The number of benzene rings is 1. The Labute approximate surface area is 185 Å². The number of hydrogen-bond acceptors (Lipinski definition) is 3. The van der Waals surface area contributed by atoms with Crippen molar-refractivity contribution < 1.29 is 33.9 Å². The maximum Gasteiger partial charge on any atom is 0.254 e. The summed E-state index contributed by atoms with van der Waals surface area (Å²) in [4.78, 5) is 3.26. The summed E-state index contributed by atoms with van der Waals surface area (Å²) in [5.41, 5.74) is 8.99. The van der Waals surface area contributed by atoms with Crippen LogP contribution >= 0.6 is 0 Å². The highest BCUT2D eigenvalue weighted by atomic mass is 35.5. The molecule has 0 saturated carbocycles. The highest BCUT2D eigenvalue weighted by Crippen LogP contribution is 2.23. The zero-order valence-corrected chi connectivity index (χ0v) is 18.5. The molecule has 0 amide bonds. The van der Waals surface area contributed by atoms with Gasteiger partial charge in [-0.25, -0.2) is 18.7 Å². The summed E-state index contributed by atoms with van der Waals surface area (Å²) in [5.74, 6) is 1.23. The minimum atomic E-state index is 0. The number of nitrogens with one attached hydrogen (secondary N) is 3. The van der Waals surface area contributed by atoms with Gasteiger partial charge in [-0.1, -0.05) is 0 Å². The van der Waals surface area contributed by atoms with E-state index in [2.05, 4.69) is 61.2 Å². The van der Waals surface area contributed by atoms with E-state index in [0.717, 1.165) is 56.0 Å². The third-order valence-electron chi connectivity index (χ3n) is 4.68. The van der Waals surface area contributed by atoms with E-state index >= 15 is 0 Å². The van der Waals surface area contributed by atoms with Gasteiger partial charge in [0, 0.05) is 25.2 Å². The van der Waals surface area contributed by atoms with Crippen molar-refractivity contribution in [1.82, 2.24) is 9.55 Å². The number of aryl methyl sites for hydroxylation is 4. The first-order valence-electron chi connectivity index (χ1n) is 9.52. The van der Waals surface area contributed by atoms with Crippen LogP contribution in [0.4, 0.5) is 17.1 Å². The van der Waals surface area contributed by atoms with Crippen LogP contribution in [-0.4, -0.2) is 22.6 Å². The van der Waals surface area contributed by atoms with Gasteiger partial charge in [-0.3, -0.25) is 0 Å². The van der Waals surface area contributed by atoms with E-state index in [1.54, 1.807) is 0 Å². The Morgan fingerprint density at radius 1 is 1.07 bits per heavy atom. The molecular formula is C20H31Cl2N7. The molecule has 0 aliphatic heterocycles. The maximum atomic E-state index is 6.12. The number of rotatable bonds is 10. The van der Waals surface area contributed by atoms with Gasteiger partial charge in [0.25, 0.3) is 5.82 Å². The normalized spacial score (nSPS) is 10.1. The Kier molecular flexibility index (Phi) is 10.4. The fourth-order valence-electron chi connectivity index (χ4n) is 3.11. The monoisotopic (exact) mass is 439 g/mol. The second kappa shape index (κ2) is 12.2. The highest BCUT2D eigenvalue weighted by molar-refractivity contribution is 5.71. The quantitative estimate of drug-likeness (QED) is 0.146. The summed E-state index contributed by atoms with van der Waals surface area (Å²) in [7, 11) is 4.10. The van der Waals surface area contributed by atoms with Crippen molar-refractivity contribution in [1.29, 1.82) is 0 Å². The van der Waals surface area contributed by atoms with Gasteiger partial charge in [0.05, 0.1) is 38.4 Å². The topological polar surface area (TPSA) is 78.6 Å². The molecule has 0 fully saturated rings. The summed E-state index contributed by atoms with van der Waals surface area (Å²) in [6.07, 6.45) is 13.4. The number of nitrogens with zero attached hydrogens (tertiary/aromatic N) is 3. The molecule has 0 atom stereocenters. The second-order valence-electron chi connectivity index (χ2n) is 6.95. The number of aromatic nitrogens is 4. The molecule has 7 nitrogen and oxygen atoms in total. The molecule has 0 saturated heterocycles. The first-order chi connectivity index (χ1) is 13.1. The third-order valence-corrected chi connectivity index (χ3v) is 4.68. The lowest BCUT2D eigenvalue weighted by molar-refractivity contribution is -0.677. The van der Waals surface area contributed by atoms with Crippen LogP contribution < -0.4 is 50.3 Å². The highest BCUT2D eigenvalue weighted by Gasteiger charge is 2.06. The van der Waals surface area contributed by atoms with Crippen molar-refractivity contribution in [3.05, 3.63) is 55.1 Å².